The Labute approximate surface area is 72.9 Å². The van der Waals surface area contributed by atoms with E-state index < -0.39 is 0 Å². The average Bonchev–Trinajstić information content (AvgIpc) is 2.05. The van der Waals surface area contributed by atoms with Crippen LogP contribution < -0.4 is 16.0 Å². The normalized spacial score (nSPS) is 8.83. The van der Waals surface area contributed by atoms with Crippen molar-refractivity contribution in [2.45, 2.75) is 19.8 Å². The quantitative estimate of drug-likeness (QED) is 0.236. The van der Waals surface area contributed by atoms with Crippen LogP contribution in [-0.4, -0.2) is 25.5 Å². The van der Waals surface area contributed by atoms with E-state index in [-0.39, 0.29) is 11.9 Å². The summed E-state index contributed by atoms with van der Waals surface area (Å²) < 4.78 is 0. The van der Waals surface area contributed by atoms with E-state index in [1.807, 2.05) is 0 Å². The molecule has 70 valence electrons. The highest BCUT2D eigenvalue weighted by molar-refractivity contribution is 5.95. The number of rotatable bonds is 3. The summed E-state index contributed by atoms with van der Waals surface area (Å²) >= 11 is 0. The highest BCUT2D eigenvalue weighted by Gasteiger charge is 1.95. The molecule has 12 heavy (non-hydrogen) atoms. The van der Waals surface area contributed by atoms with E-state index in [1.54, 1.807) is 7.05 Å². The van der Waals surface area contributed by atoms with Crippen molar-refractivity contribution < 1.29 is 0 Å². The van der Waals surface area contributed by atoms with E-state index >= 15 is 0 Å². The van der Waals surface area contributed by atoms with Crippen molar-refractivity contribution in [3.63, 3.8) is 0 Å². The molecule has 0 spiro atoms. The van der Waals surface area contributed by atoms with Crippen LogP contribution in [-0.2, 0) is 0 Å². The van der Waals surface area contributed by atoms with Gasteiger partial charge in [0, 0.05) is 13.6 Å². The van der Waals surface area contributed by atoms with E-state index in [9.17, 15) is 0 Å². The zero-order chi connectivity index (χ0) is 9.40. The number of unbranched alkanes of at least 4 members (excludes halogenated alkanes) is 1. The predicted octanol–water partition coefficient (Wildman–Crippen LogP) is 0.0546. The minimum Gasteiger partial charge on any atom is -0.359 e. The van der Waals surface area contributed by atoms with Crippen LogP contribution in [0.2, 0.25) is 0 Å². The van der Waals surface area contributed by atoms with Crippen molar-refractivity contribution in [2.75, 3.05) is 13.6 Å². The SMILES string of the molecule is CCCCNC(=N)NC(=N)NC. The number of hydrogen-bond acceptors (Lipinski definition) is 2. The third-order valence-corrected chi connectivity index (χ3v) is 1.33. The predicted molar refractivity (Wildman–Crippen MR) is 50.6 cm³/mol. The molecule has 5 N–H and O–H groups in total. The molecular formula is C7H17N5. The first-order valence-electron chi connectivity index (χ1n) is 4.06. The minimum atomic E-state index is 0.129. The zero-order valence-corrected chi connectivity index (χ0v) is 7.62. The van der Waals surface area contributed by atoms with Gasteiger partial charge in [0.15, 0.2) is 11.9 Å². The first-order valence-corrected chi connectivity index (χ1v) is 4.06. The number of guanidine groups is 2. The molecule has 0 radical (unpaired) electrons. The van der Waals surface area contributed by atoms with Crippen LogP contribution in [0.15, 0.2) is 0 Å². The molecule has 0 aromatic carbocycles. The standard InChI is InChI=1S/C7H17N5/c1-3-4-5-11-7(9)12-6(8)10-2/h3-5H2,1-2H3,(H5,8,9,10,11,12). The van der Waals surface area contributed by atoms with Gasteiger partial charge >= 0.3 is 0 Å². The fourth-order valence-corrected chi connectivity index (χ4v) is 0.622. The summed E-state index contributed by atoms with van der Waals surface area (Å²) in [6.45, 7) is 2.87. The third-order valence-electron chi connectivity index (χ3n) is 1.33. The van der Waals surface area contributed by atoms with Crippen LogP contribution in [0.5, 0.6) is 0 Å². The molecule has 0 aromatic rings. The first-order chi connectivity index (χ1) is 5.70. The van der Waals surface area contributed by atoms with Gasteiger partial charge in [0.25, 0.3) is 0 Å². The Hall–Kier alpha value is -1.26. The Kier molecular flexibility index (Phi) is 5.77. The number of nitrogens with one attached hydrogen (secondary N) is 5. The van der Waals surface area contributed by atoms with Gasteiger partial charge in [-0.05, 0) is 6.42 Å². The highest BCUT2D eigenvalue weighted by atomic mass is 15.2. The van der Waals surface area contributed by atoms with Crippen molar-refractivity contribution in [1.29, 1.82) is 10.8 Å². The molecule has 0 aliphatic carbocycles. The lowest BCUT2D eigenvalue weighted by Gasteiger charge is -2.09. The maximum absolute atomic E-state index is 7.30. The van der Waals surface area contributed by atoms with Gasteiger partial charge < -0.3 is 10.6 Å². The first kappa shape index (κ1) is 10.7. The molecule has 0 saturated heterocycles. The molecule has 0 rings (SSSR count). The molecule has 0 aliphatic rings. The lowest BCUT2D eigenvalue weighted by molar-refractivity contribution is 0.743. The lowest BCUT2D eigenvalue weighted by Crippen LogP contribution is -2.44. The monoisotopic (exact) mass is 171 g/mol. The van der Waals surface area contributed by atoms with Gasteiger partial charge in [-0.2, -0.15) is 0 Å². The van der Waals surface area contributed by atoms with E-state index in [0.717, 1.165) is 19.4 Å². The Morgan fingerprint density at radius 1 is 1.25 bits per heavy atom. The molecule has 0 amide bonds. The molecule has 0 heterocycles. The van der Waals surface area contributed by atoms with Crippen molar-refractivity contribution >= 4 is 11.9 Å². The van der Waals surface area contributed by atoms with E-state index in [4.69, 9.17) is 10.8 Å². The molecule has 5 nitrogen and oxygen atoms in total. The van der Waals surface area contributed by atoms with Gasteiger partial charge in [-0.1, -0.05) is 13.3 Å². The Balaban J connectivity index is 3.40. The number of hydrogen-bond donors (Lipinski definition) is 5. The maximum Gasteiger partial charge on any atom is 0.195 e. The highest BCUT2D eigenvalue weighted by Crippen LogP contribution is 1.81. The third kappa shape index (κ3) is 5.52. The Morgan fingerprint density at radius 3 is 2.42 bits per heavy atom. The van der Waals surface area contributed by atoms with Crippen molar-refractivity contribution in [1.82, 2.24) is 16.0 Å². The van der Waals surface area contributed by atoms with E-state index in [2.05, 4.69) is 22.9 Å². The van der Waals surface area contributed by atoms with Crippen LogP contribution in [0.4, 0.5) is 0 Å². The smallest absolute Gasteiger partial charge is 0.195 e. The van der Waals surface area contributed by atoms with Crippen molar-refractivity contribution in [3.8, 4) is 0 Å². The summed E-state index contributed by atoms with van der Waals surface area (Å²) in [6, 6.07) is 0. The van der Waals surface area contributed by atoms with E-state index in [1.165, 1.54) is 0 Å². The summed E-state index contributed by atoms with van der Waals surface area (Å²) in [6.07, 6.45) is 2.14. The van der Waals surface area contributed by atoms with Crippen LogP contribution in [0, 0.1) is 10.8 Å². The summed E-state index contributed by atoms with van der Waals surface area (Å²) in [4.78, 5) is 0. The summed E-state index contributed by atoms with van der Waals surface area (Å²) in [7, 11) is 1.63. The maximum atomic E-state index is 7.30. The van der Waals surface area contributed by atoms with E-state index in [0.29, 0.717) is 0 Å². The fourth-order valence-electron chi connectivity index (χ4n) is 0.622. The fraction of sp³-hybridized carbons (Fsp3) is 0.714. The molecular weight excluding hydrogens is 154 g/mol. The van der Waals surface area contributed by atoms with Gasteiger partial charge in [0.05, 0.1) is 0 Å². The second-order valence-corrected chi connectivity index (χ2v) is 2.41. The molecule has 0 bridgehead atoms. The Bertz CT molecular complexity index is 154. The summed E-state index contributed by atoms with van der Waals surface area (Å²) in [5.41, 5.74) is 0. The van der Waals surface area contributed by atoms with Gasteiger partial charge in [-0.15, -0.1) is 0 Å². The Morgan fingerprint density at radius 2 is 1.92 bits per heavy atom. The van der Waals surface area contributed by atoms with Crippen LogP contribution in [0.3, 0.4) is 0 Å². The lowest BCUT2D eigenvalue weighted by atomic mass is 10.3. The van der Waals surface area contributed by atoms with Gasteiger partial charge in [-0.25, -0.2) is 0 Å². The molecule has 0 unspecified atom stereocenters. The zero-order valence-electron chi connectivity index (χ0n) is 7.62. The molecule has 0 aliphatic heterocycles. The molecule has 0 atom stereocenters. The van der Waals surface area contributed by atoms with Gasteiger partial charge in [-0.3, -0.25) is 16.1 Å². The molecule has 0 aromatic heterocycles. The largest absolute Gasteiger partial charge is 0.359 e. The second kappa shape index (κ2) is 6.45. The van der Waals surface area contributed by atoms with Gasteiger partial charge in [0.1, 0.15) is 0 Å². The molecule has 0 saturated carbocycles. The summed E-state index contributed by atoms with van der Waals surface area (Å²) in [5.74, 6) is 0.298. The summed E-state index contributed by atoms with van der Waals surface area (Å²) in [5, 5.41) is 22.4. The van der Waals surface area contributed by atoms with Crippen LogP contribution in [0.25, 0.3) is 0 Å². The average molecular weight is 171 g/mol. The molecule has 5 heteroatoms. The van der Waals surface area contributed by atoms with Crippen molar-refractivity contribution in [2.24, 2.45) is 0 Å². The van der Waals surface area contributed by atoms with Crippen molar-refractivity contribution in [3.05, 3.63) is 0 Å². The van der Waals surface area contributed by atoms with Crippen LogP contribution >= 0.6 is 0 Å². The van der Waals surface area contributed by atoms with Crippen LogP contribution in [0.1, 0.15) is 19.8 Å². The second-order valence-electron chi connectivity index (χ2n) is 2.41. The minimum absolute atomic E-state index is 0.129. The van der Waals surface area contributed by atoms with Gasteiger partial charge in [0.2, 0.25) is 0 Å². The molecule has 0 fully saturated rings. The topological polar surface area (TPSA) is 83.8 Å².